The Kier molecular flexibility index (Phi) is 3.10. The predicted octanol–water partition coefficient (Wildman–Crippen LogP) is 1.27. The normalized spacial score (nSPS) is 26.3. The zero-order chi connectivity index (χ0) is 11.8. The van der Waals surface area contributed by atoms with Crippen LogP contribution < -0.4 is 5.32 Å². The molecule has 0 unspecified atom stereocenters. The lowest BCUT2D eigenvalue weighted by atomic mass is 9.93. The van der Waals surface area contributed by atoms with Crippen molar-refractivity contribution in [2.75, 3.05) is 26.7 Å². The van der Waals surface area contributed by atoms with Crippen LogP contribution in [-0.2, 0) is 0 Å². The number of hydrogen-bond acceptors (Lipinski definition) is 2. The summed E-state index contributed by atoms with van der Waals surface area (Å²) in [5, 5.41) is 3.11. The van der Waals surface area contributed by atoms with E-state index in [1.165, 1.54) is 6.42 Å². The molecule has 2 fully saturated rings. The van der Waals surface area contributed by atoms with Gasteiger partial charge >= 0.3 is 6.03 Å². The largest absolute Gasteiger partial charge is 0.335 e. The first kappa shape index (κ1) is 11.7. The van der Waals surface area contributed by atoms with Gasteiger partial charge in [0.2, 0.25) is 0 Å². The second kappa shape index (κ2) is 4.24. The number of urea groups is 1. The van der Waals surface area contributed by atoms with Crippen LogP contribution in [0.4, 0.5) is 4.79 Å². The van der Waals surface area contributed by atoms with Gasteiger partial charge in [-0.05, 0) is 40.2 Å². The lowest BCUT2D eigenvalue weighted by Crippen LogP contribution is -2.61. The van der Waals surface area contributed by atoms with Gasteiger partial charge < -0.3 is 10.2 Å². The number of rotatable bonds is 1. The summed E-state index contributed by atoms with van der Waals surface area (Å²) in [6.07, 6.45) is 3.57. The van der Waals surface area contributed by atoms with Crippen LogP contribution in [0.2, 0.25) is 0 Å². The lowest BCUT2D eigenvalue weighted by Gasteiger charge is -2.45. The number of likely N-dealkylation sites (N-methyl/N-ethyl adjacent to an activating group) is 1. The van der Waals surface area contributed by atoms with Crippen LogP contribution in [0.3, 0.4) is 0 Å². The van der Waals surface area contributed by atoms with Crippen molar-refractivity contribution in [2.24, 2.45) is 0 Å². The molecule has 0 bridgehead atoms. The van der Waals surface area contributed by atoms with E-state index in [2.05, 4.69) is 31.1 Å². The van der Waals surface area contributed by atoms with Gasteiger partial charge in [-0.1, -0.05) is 0 Å². The summed E-state index contributed by atoms with van der Waals surface area (Å²) >= 11 is 0. The molecule has 2 amide bonds. The molecule has 16 heavy (non-hydrogen) atoms. The molecule has 0 spiro atoms. The zero-order valence-electron chi connectivity index (χ0n) is 10.6. The quantitative estimate of drug-likeness (QED) is 0.729. The predicted molar refractivity (Wildman–Crippen MR) is 64.5 cm³/mol. The Hall–Kier alpha value is -0.770. The summed E-state index contributed by atoms with van der Waals surface area (Å²) in [5.74, 6) is 0. The van der Waals surface area contributed by atoms with Crippen LogP contribution in [0.25, 0.3) is 0 Å². The minimum atomic E-state index is 0.0925. The molecular formula is C12H23N3O. The minimum absolute atomic E-state index is 0.0925. The molecule has 2 aliphatic rings. The van der Waals surface area contributed by atoms with Gasteiger partial charge in [-0.25, -0.2) is 4.79 Å². The average molecular weight is 225 g/mol. The second-order valence-electron chi connectivity index (χ2n) is 5.73. The Morgan fingerprint density at radius 2 is 2.00 bits per heavy atom. The van der Waals surface area contributed by atoms with E-state index >= 15 is 0 Å². The summed E-state index contributed by atoms with van der Waals surface area (Å²) < 4.78 is 0. The van der Waals surface area contributed by atoms with Gasteiger partial charge in [0.15, 0.2) is 0 Å². The highest BCUT2D eigenvalue weighted by atomic mass is 16.2. The molecule has 0 aromatic heterocycles. The van der Waals surface area contributed by atoms with Crippen molar-refractivity contribution in [3.05, 3.63) is 0 Å². The number of hydrogen-bond donors (Lipinski definition) is 1. The summed E-state index contributed by atoms with van der Waals surface area (Å²) in [7, 11) is 2.13. The van der Waals surface area contributed by atoms with Gasteiger partial charge in [0, 0.05) is 31.2 Å². The highest BCUT2D eigenvalue weighted by Gasteiger charge is 2.34. The number of piperazine rings is 1. The third kappa shape index (κ3) is 2.32. The van der Waals surface area contributed by atoms with Crippen molar-refractivity contribution in [3.8, 4) is 0 Å². The molecule has 2 rings (SSSR count). The Bertz CT molecular complexity index is 273. The smallest absolute Gasteiger partial charge is 0.317 e. The first-order valence-corrected chi connectivity index (χ1v) is 6.26. The molecule has 4 nitrogen and oxygen atoms in total. The Morgan fingerprint density at radius 3 is 2.50 bits per heavy atom. The van der Waals surface area contributed by atoms with Gasteiger partial charge in [0.1, 0.15) is 0 Å². The fraction of sp³-hybridized carbons (Fsp3) is 0.917. The Labute approximate surface area is 98.0 Å². The summed E-state index contributed by atoms with van der Waals surface area (Å²) in [6.45, 7) is 7.01. The Balaban J connectivity index is 1.87. The molecule has 1 aliphatic heterocycles. The Morgan fingerprint density at radius 1 is 1.31 bits per heavy atom. The van der Waals surface area contributed by atoms with Crippen molar-refractivity contribution in [3.63, 3.8) is 0 Å². The molecule has 1 N–H and O–H groups in total. The van der Waals surface area contributed by atoms with E-state index in [9.17, 15) is 4.79 Å². The molecule has 0 radical (unpaired) electrons. The summed E-state index contributed by atoms with van der Waals surface area (Å²) in [6, 6.07) is 0.571. The van der Waals surface area contributed by atoms with Gasteiger partial charge in [-0.15, -0.1) is 0 Å². The third-order valence-corrected chi connectivity index (χ3v) is 4.04. The van der Waals surface area contributed by atoms with Crippen molar-refractivity contribution in [1.29, 1.82) is 0 Å². The van der Waals surface area contributed by atoms with E-state index in [4.69, 9.17) is 0 Å². The van der Waals surface area contributed by atoms with Crippen molar-refractivity contribution in [2.45, 2.75) is 44.7 Å². The van der Waals surface area contributed by atoms with E-state index in [1.807, 2.05) is 4.90 Å². The maximum Gasteiger partial charge on any atom is 0.317 e. The molecule has 0 aromatic rings. The number of amides is 2. The molecule has 0 aromatic carbocycles. The maximum absolute atomic E-state index is 12.0. The van der Waals surface area contributed by atoms with E-state index in [-0.39, 0.29) is 11.6 Å². The summed E-state index contributed by atoms with van der Waals surface area (Å²) in [5.41, 5.74) is 0.0925. The second-order valence-corrected chi connectivity index (χ2v) is 5.73. The number of nitrogens with one attached hydrogen (secondary N) is 1. The van der Waals surface area contributed by atoms with Crippen LogP contribution >= 0.6 is 0 Å². The third-order valence-electron chi connectivity index (χ3n) is 4.04. The molecule has 4 heteroatoms. The molecule has 1 saturated carbocycles. The highest BCUT2D eigenvalue weighted by molar-refractivity contribution is 5.74. The van der Waals surface area contributed by atoms with Gasteiger partial charge in [-0.2, -0.15) is 0 Å². The van der Waals surface area contributed by atoms with E-state index in [0.29, 0.717) is 6.04 Å². The minimum Gasteiger partial charge on any atom is -0.335 e. The van der Waals surface area contributed by atoms with Crippen LogP contribution in [0, 0.1) is 0 Å². The monoisotopic (exact) mass is 225 g/mol. The lowest BCUT2D eigenvalue weighted by molar-refractivity contribution is 0.0553. The standard InChI is InChI=1S/C12H23N3O/c1-12(2)9-15(8-7-14(12)3)11(16)13-10-5-4-6-10/h10H,4-9H2,1-3H3,(H,13,16). The van der Waals surface area contributed by atoms with Crippen LogP contribution in [0.5, 0.6) is 0 Å². The van der Waals surface area contributed by atoms with Crippen LogP contribution in [0.1, 0.15) is 33.1 Å². The molecule has 0 atom stereocenters. The summed E-state index contributed by atoms with van der Waals surface area (Å²) in [4.78, 5) is 16.3. The van der Waals surface area contributed by atoms with E-state index in [1.54, 1.807) is 0 Å². The number of carbonyl (C=O) groups is 1. The number of carbonyl (C=O) groups excluding carboxylic acids is 1. The van der Waals surface area contributed by atoms with Crippen LogP contribution in [-0.4, -0.2) is 54.1 Å². The maximum atomic E-state index is 12.0. The van der Waals surface area contributed by atoms with Gasteiger partial charge in [0.05, 0.1) is 0 Å². The molecule has 1 saturated heterocycles. The topological polar surface area (TPSA) is 35.6 Å². The van der Waals surface area contributed by atoms with Gasteiger partial charge in [0.25, 0.3) is 0 Å². The average Bonchev–Trinajstić information content (AvgIpc) is 2.15. The molecular weight excluding hydrogens is 202 g/mol. The first-order chi connectivity index (χ1) is 7.49. The zero-order valence-corrected chi connectivity index (χ0v) is 10.6. The van der Waals surface area contributed by atoms with E-state index in [0.717, 1.165) is 32.5 Å². The van der Waals surface area contributed by atoms with Crippen molar-refractivity contribution >= 4 is 6.03 Å². The fourth-order valence-corrected chi connectivity index (χ4v) is 2.23. The number of nitrogens with zero attached hydrogens (tertiary/aromatic N) is 2. The molecule has 1 heterocycles. The SMILES string of the molecule is CN1CCN(C(=O)NC2CCC2)CC1(C)C. The van der Waals surface area contributed by atoms with Gasteiger partial charge in [-0.3, -0.25) is 4.90 Å². The highest BCUT2D eigenvalue weighted by Crippen LogP contribution is 2.21. The van der Waals surface area contributed by atoms with Crippen LogP contribution in [0.15, 0.2) is 0 Å². The first-order valence-electron chi connectivity index (χ1n) is 6.26. The molecule has 92 valence electrons. The van der Waals surface area contributed by atoms with E-state index < -0.39 is 0 Å². The van der Waals surface area contributed by atoms with Crippen molar-refractivity contribution < 1.29 is 4.79 Å². The molecule has 1 aliphatic carbocycles. The fourth-order valence-electron chi connectivity index (χ4n) is 2.23. The van der Waals surface area contributed by atoms with Crippen molar-refractivity contribution in [1.82, 2.24) is 15.1 Å².